The van der Waals surface area contributed by atoms with Crippen LogP contribution in [0.25, 0.3) is 0 Å². The van der Waals surface area contributed by atoms with Gasteiger partial charge in [0.2, 0.25) is 5.91 Å². The van der Waals surface area contributed by atoms with E-state index >= 15 is 0 Å². The van der Waals surface area contributed by atoms with Gasteiger partial charge in [0.05, 0.1) is 11.5 Å². The number of likely N-dealkylation sites (N-methyl/N-ethyl adjacent to an activating group) is 1. The molecule has 0 saturated carbocycles. The van der Waals surface area contributed by atoms with Crippen molar-refractivity contribution in [1.29, 1.82) is 0 Å². The molecule has 0 aromatic heterocycles. The normalized spacial score (nSPS) is 22.4. The van der Waals surface area contributed by atoms with Crippen LogP contribution in [0.2, 0.25) is 0 Å². The molecule has 0 bridgehead atoms. The average Bonchev–Trinajstić information content (AvgIpc) is 2.87. The van der Waals surface area contributed by atoms with E-state index in [0.29, 0.717) is 25.0 Å². The molecule has 0 radical (unpaired) electrons. The second-order valence-corrected chi connectivity index (χ2v) is 9.76. The lowest BCUT2D eigenvalue weighted by molar-refractivity contribution is -0.130. The van der Waals surface area contributed by atoms with Gasteiger partial charge in [0.25, 0.3) is 0 Å². The topological polar surface area (TPSA) is 55.6 Å². The number of carbonyl (C=O) groups is 1. The van der Waals surface area contributed by atoms with Gasteiger partial charge in [-0.15, -0.1) is 11.8 Å². The predicted molar refractivity (Wildman–Crippen MR) is 115 cm³/mol. The molecule has 1 heterocycles. The number of benzene rings is 1. The van der Waals surface area contributed by atoms with Gasteiger partial charge in [-0.2, -0.15) is 0 Å². The Labute approximate surface area is 168 Å². The number of ether oxygens (including phenoxy) is 1. The van der Waals surface area contributed by atoms with E-state index in [-0.39, 0.29) is 10.8 Å². The van der Waals surface area contributed by atoms with E-state index in [0.717, 1.165) is 11.3 Å². The van der Waals surface area contributed by atoms with Gasteiger partial charge in [0, 0.05) is 24.1 Å². The third kappa shape index (κ3) is 6.37. The summed E-state index contributed by atoms with van der Waals surface area (Å²) < 4.78 is 5.97. The third-order valence-corrected chi connectivity index (χ3v) is 6.96. The lowest BCUT2D eigenvalue weighted by Crippen LogP contribution is -2.38. The van der Waals surface area contributed by atoms with Gasteiger partial charge in [0.1, 0.15) is 6.10 Å². The maximum absolute atomic E-state index is 11.8. The Morgan fingerprint density at radius 3 is 2.56 bits per heavy atom. The summed E-state index contributed by atoms with van der Waals surface area (Å²) >= 11 is 1.98. The molecular formula is C22H34N2O2S. The number of hydrogen-bond donors (Lipinski definition) is 1. The number of primary amides is 1. The van der Waals surface area contributed by atoms with E-state index in [1.165, 1.54) is 0 Å². The first-order valence-electron chi connectivity index (χ1n) is 9.70. The van der Waals surface area contributed by atoms with Crippen molar-refractivity contribution in [2.75, 3.05) is 19.4 Å². The van der Waals surface area contributed by atoms with Crippen molar-refractivity contribution in [2.45, 2.75) is 51.1 Å². The zero-order valence-corrected chi connectivity index (χ0v) is 18.0. The number of nitrogens with zero attached hydrogens (tertiary/aromatic N) is 1. The number of carbonyl (C=O) groups excluding carboxylic acids is 1. The molecule has 1 aliphatic heterocycles. The second-order valence-electron chi connectivity index (χ2n) is 8.14. The summed E-state index contributed by atoms with van der Waals surface area (Å²) in [6.45, 7) is 9.39. The molecule has 27 heavy (non-hydrogen) atoms. The molecule has 3 atom stereocenters. The summed E-state index contributed by atoms with van der Waals surface area (Å²) in [6.07, 6.45) is 4.48. The first-order chi connectivity index (χ1) is 12.7. The van der Waals surface area contributed by atoms with Gasteiger partial charge in [-0.3, -0.25) is 9.69 Å². The molecule has 2 N–H and O–H groups in total. The van der Waals surface area contributed by atoms with Gasteiger partial charge >= 0.3 is 0 Å². The van der Waals surface area contributed by atoms with Crippen molar-refractivity contribution < 1.29 is 9.53 Å². The fourth-order valence-electron chi connectivity index (χ4n) is 3.13. The van der Waals surface area contributed by atoms with Crippen LogP contribution in [0.15, 0.2) is 42.5 Å². The summed E-state index contributed by atoms with van der Waals surface area (Å²) in [5.74, 6) is 1.38. The lowest BCUT2D eigenvalue weighted by atomic mass is 9.95. The smallest absolute Gasteiger partial charge is 0.246 e. The average molecular weight is 391 g/mol. The summed E-state index contributed by atoms with van der Waals surface area (Å²) in [5, 5.41) is 0. The van der Waals surface area contributed by atoms with Crippen LogP contribution in [0, 0.1) is 11.8 Å². The molecular weight excluding hydrogens is 356 g/mol. The van der Waals surface area contributed by atoms with Crippen molar-refractivity contribution in [3.05, 3.63) is 48.0 Å². The second kappa shape index (κ2) is 9.76. The van der Waals surface area contributed by atoms with Crippen LogP contribution in [-0.4, -0.2) is 47.2 Å². The minimum absolute atomic E-state index is 0.172. The largest absolute Gasteiger partial charge is 0.367 e. The van der Waals surface area contributed by atoms with E-state index < -0.39 is 12.0 Å². The van der Waals surface area contributed by atoms with Crippen LogP contribution in [0.5, 0.6) is 0 Å². The molecule has 1 aromatic carbocycles. The molecule has 0 aliphatic carbocycles. The highest BCUT2D eigenvalue weighted by Crippen LogP contribution is 2.37. The van der Waals surface area contributed by atoms with Crippen molar-refractivity contribution >= 4 is 17.7 Å². The number of thioether (sulfide) groups is 1. The van der Waals surface area contributed by atoms with Gasteiger partial charge in [-0.05, 0) is 32.4 Å². The molecule has 1 aromatic rings. The monoisotopic (exact) mass is 390 g/mol. The Hall–Kier alpha value is -1.30. The van der Waals surface area contributed by atoms with Crippen LogP contribution < -0.4 is 5.73 Å². The minimum atomic E-state index is -0.592. The van der Waals surface area contributed by atoms with Crippen molar-refractivity contribution in [3.8, 4) is 0 Å². The van der Waals surface area contributed by atoms with Gasteiger partial charge < -0.3 is 10.5 Å². The molecule has 1 amide bonds. The molecule has 150 valence electrons. The summed E-state index contributed by atoms with van der Waals surface area (Å²) in [4.78, 5) is 14.4. The predicted octanol–water partition coefficient (Wildman–Crippen LogP) is 3.71. The van der Waals surface area contributed by atoms with Crippen molar-refractivity contribution in [2.24, 2.45) is 17.6 Å². The number of hydrogen-bond acceptors (Lipinski definition) is 4. The summed E-state index contributed by atoms with van der Waals surface area (Å²) in [5.41, 5.74) is 6.64. The molecule has 2 unspecified atom stereocenters. The number of rotatable bonds is 9. The maximum atomic E-state index is 11.8. The van der Waals surface area contributed by atoms with Crippen molar-refractivity contribution in [1.82, 2.24) is 4.90 Å². The zero-order valence-electron chi connectivity index (χ0n) is 17.2. The SMILES string of the molecule is CC(C)[C@H](/C=C/C1CSC(C)(C)N1C)COC(Cc1ccccc1)C(N)=O. The highest BCUT2D eigenvalue weighted by molar-refractivity contribution is 8.00. The van der Waals surface area contributed by atoms with Crippen LogP contribution in [-0.2, 0) is 16.0 Å². The van der Waals surface area contributed by atoms with E-state index in [2.05, 4.69) is 51.8 Å². The summed E-state index contributed by atoms with van der Waals surface area (Å²) in [7, 11) is 2.18. The van der Waals surface area contributed by atoms with Gasteiger partial charge in [-0.1, -0.05) is 56.3 Å². The Morgan fingerprint density at radius 1 is 1.37 bits per heavy atom. The Morgan fingerprint density at radius 2 is 2.04 bits per heavy atom. The lowest BCUT2D eigenvalue weighted by Gasteiger charge is -2.29. The Balaban J connectivity index is 1.96. The standard InChI is InChI=1S/C22H34N2O2S/c1-16(2)18(11-12-19-15-27-22(3,4)24(19)5)14-26-20(21(23)25)13-17-9-7-6-8-10-17/h6-12,16,18-20H,13-15H2,1-5H3,(H2,23,25)/b12-11+/t18-,19?,20?/m1/s1. The van der Waals surface area contributed by atoms with Crippen LogP contribution in [0.1, 0.15) is 33.3 Å². The number of nitrogens with two attached hydrogens (primary N) is 1. The van der Waals surface area contributed by atoms with E-state index in [1.54, 1.807) is 0 Å². The van der Waals surface area contributed by atoms with E-state index in [4.69, 9.17) is 10.5 Å². The first-order valence-corrected chi connectivity index (χ1v) is 10.7. The van der Waals surface area contributed by atoms with Gasteiger partial charge in [-0.25, -0.2) is 0 Å². The van der Waals surface area contributed by atoms with E-state index in [9.17, 15) is 4.79 Å². The third-order valence-electron chi connectivity index (χ3n) is 5.46. The molecule has 2 rings (SSSR count). The summed E-state index contributed by atoms with van der Waals surface area (Å²) in [6, 6.07) is 10.3. The highest BCUT2D eigenvalue weighted by Gasteiger charge is 2.35. The first kappa shape index (κ1) is 22.0. The quantitative estimate of drug-likeness (QED) is 0.653. The molecule has 1 aliphatic rings. The van der Waals surface area contributed by atoms with Crippen molar-refractivity contribution in [3.63, 3.8) is 0 Å². The van der Waals surface area contributed by atoms with Crippen LogP contribution >= 0.6 is 11.8 Å². The fraction of sp³-hybridized carbons (Fsp3) is 0.591. The Bertz CT molecular complexity index is 630. The van der Waals surface area contributed by atoms with Crippen LogP contribution in [0.4, 0.5) is 0 Å². The molecule has 0 spiro atoms. The maximum Gasteiger partial charge on any atom is 0.246 e. The molecule has 4 nitrogen and oxygen atoms in total. The highest BCUT2D eigenvalue weighted by atomic mass is 32.2. The Kier molecular flexibility index (Phi) is 7.95. The number of amides is 1. The van der Waals surface area contributed by atoms with Crippen LogP contribution in [0.3, 0.4) is 0 Å². The zero-order chi connectivity index (χ0) is 20.0. The fourth-order valence-corrected chi connectivity index (χ4v) is 4.38. The van der Waals surface area contributed by atoms with Gasteiger partial charge in [0.15, 0.2) is 0 Å². The van der Waals surface area contributed by atoms with E-state index in [1.807, 2.05) is 42.1 Å². The minimum Gasteiger partial charge on any atom is -0.367 e. The molecule has 5 heteroatoms. The molecule has 1 saturated heterocycles. The molecule has 1 fully saturated rings.